The van der Waals surface area contributed by atoms with E-state index in [1.54, 1.807) is 25.4 Å². The standard InChI is InChI=1S/C11H17ClN2O2S/c1-10(11-5-4-7-13-9-11)14-17(15,16)8-3-2-6-12/h4-5,7,9-10,14H,2-3,6,8H2,1H3/t10-/m0/s1. The maximum Gasteiger partial charge on any atom is 0.212 e. The first kappa shape index (κ1) is 14.4. The molecule has 6 heteroatoms. The molecule has 0 aliphatic carbocycles. The topological polar surface area (TPSA) is 59.1 Å². The van der Waals surface area contributed by atoms with Crippen molar-refractivity contribution in [1.82, 2.24) is 9.71 Å². The van der Waals surface area contributed by atoms with Gasteiger partial charge in [0.1, 0.15) is 0 Å². The summed E-state index contributed by atoms with van der Waals surface area (Å²) >= 11 is 5.51. The molecule has 0 saturated carbocycles. The first-order chi connectivity index (χ1) is 8.05. The molecular weight excluding hydrogens is 260 g/mol. The zero-order valence-corrected chi connectivity index (χ0v) is 11.3. The number of rotatable bonds is 7. The molecule has 0 spiro atoms. The lowest BCUT2D eigenvalue weighted by atomic mass is 10.2. The van der Waals surface area contributed by atoms with Crippen LogP contribution in [-0.2, 0) is 10.0 Å². The molecule has 0 fully saturated rings. The lowest BCUT2D eigenvalue weighted by Crippen LogP contribution is -2.29. The number of sulfonamides is 1. The molecule has 1 rings (SSSR count). The van der Waals surface area contributed by atoms with E-state index in [0.29, 0.717) is 18.7 Å². The summed E-state index contributed by atoms with van der Waals surface area (Å²) in [4.78, 5) is 3.96. The molecule has 1 aromatic rings. The molecule has 1 heterocycles. The predicted molar refractivity (Wildman–Crippen MR) is 69.5 cm³/mol. The van der Waals surface area contributed by atoms with Crippen LogP contribution in [0.15, 0.2) is 24.5 Å². The average Bonchev–Trinajstić information content (AvgIpc) is 2.30. The minimum atomic E-state index is -3.24. The lowest BCUT2D eigenvalue weighted by molar-refractivity contribution is 0.563. The minimum Gasteiger partial charge on any atom is -0.264 e. The number of alkyl halides is 1. The summed E-state index contributed by atoms with van der Waals surface area (Å²) in [5.74, 6) is 0.609. The van der Waals surface area contributed by atoms with E-state index in [2.05, 4.69) is 9.71 Å². The number of nitrogens with one attached hydrogen (secondary N) is 1. The second-order valence-electron chi connectivity index (χ2n) is 3.84. The van der Waals surface area contributed by atoms with Crippen LogP contribution < -0.4 is 4.72 Å². The summed E-state index contributed by atoms with van der Waals surface area (Å²) < 4.78 is 26.0. The Bertz CT molecular complexity index is 422. The van der Waals surface area contributed by atoms with Gasteiger partial charge in [0, 0.05) is 24.3 Å². The lowest BCUT2D eigenvalue weighted by Gasteiger charge is -2.13. The van der Waals surface area contributed by atoms with E-state index in [1.807, 2.05) is 6.07 Å². The van der Waals surface area contributed by atoms with Gasteiger partial charge < -0.3 is 0 Å². The molecule has 1 aromatic heterocycles. The SMILES string of the molecule is C[C@H](NS(=O)(=O)CCCCCl)c1cccnc1. The molecule has 0 saturated heterocycles. The van der Waals surface area contributed by atoms with Crippen LogP contribution in [0.3, 0.4) is 0 Å². The van der Waals surface area contributed by atoms with E-state index < -0.39 is 10.0 Å². The summed E-state index contributed by atoms with van der Waals surface area (Å²) in [6, 6.07) is 3.37. The van der Waals surface area contributed by atoms with Crippen molar-refractivity contribution in [2.45, 2.75) is 25.8 Å². The zero-order valence-electron chi connectivity index (χ0n) is 9.77. The van der Waals surface area contributed by atoms with Gasteiger partial charge in [-0.25, -0.2) is 13.1 Å². The van der Waals surface area contributed by atoms with Crippen molar-refractivity contribution < 1.29 is 8.42 Å². The third-order valence-electron chi connectivity index (χ3n) is 2.34. The largest absolute Gasteiger partial charge is 0.264 e. The normalized spacial score (nSPS) is 13.5. The second kappa shape index (κ2) is 6.93. The maximum absolute atomic E-state index is 11.7. The Kier molecular flexibility index (Phi) is 5.88. The van der Waals surface area contributed by atoms with Crippen LogP contribution >= 0.6 is 11.6 Å². The van der Waals surface area contributed by atoms with E-state index in [4.69, 9.17) is 11.6 Å². The summed E-state index contributed by atoms with van der Waals surface area (Å²) in [6.07, 6.45) is 4.61. The Morgan fingerprint density at radius 3 is 2.82 bits per heavy atom. The van der Waals surface area contributed by atoms with Gasteiger partial charge in [-0.05, 0) is 31.4 Å². The van der Waals surface area contributed by atoms with E-state index in [9.17, 15) is 8.42 Å². The third-order valence-corrected chi connectivity index (χ3v) is 4.14. The van der Waals surface area contributed by atoms with Crippen molar-refractivity contribution in [3.8, 4) is 0 Å². The van der Waals surface area contributed by atoms with Gasteiger partial charge in [-0.2, -0.15) is 0 Å². The van der Waals surface area contributed by atoms with Crippen LogP contribution in [0.2, 0.25) is 0 Å². The highest BCUT2D eigenvalue weighted by Gasteiger charge is 2.15. The molecule has 0 unspecified atom stereocenters. The van der Waals surface area contributed by atoms with Crippen molar-refractivity contribution in [2.24, 2.45) is 0 Å². The summed E-state index contributed by atoms with van der Waals surface area (Å²) in [5.41, 5.74) is 0.855. The predicted octanol–water partition coefficient (Wildman–Crippen LogP) is 2.08. The summed E-state index contributed by atoms with van der Waals surface area (Å²) in [5, 5.41) is 0. The molecule has 4 nitrogen and oxygen atoms in total. The molecule has 17 heavy (non-hydrogen) atoms. The third kappa shape index (κ3) is 5.48. The minimum absolute atomic E-state index is 0.115. The van der Waals surface area contributed by atoms with Gasteiger partial charge in [0.25, 0.3) is 0 Å². The highest BCUT2D eigenvalue weighted by Crippen LogP contribution is 2.11. The number of pyridine rings is 1. The van der Waals surface area contributed by atoms with E-state index in [1.165, 1.54) is 0 Å². The monoisotopic (exact) mass is 276 g/mol. The van der Waals surface area contributed by atoms with Gasteiger partial charge in [-0.1, -0.05) is 6.07 Å². The van der Waals surface area contributed by atoms with Crippen LogP contribution in [0.4, 0.5) is 0 Å². The van der Waals surface area contributed by atoms with Gasteiger partial charge in [0.15, 0.2) is 0 Å². The second-order valence-corrected chi connectivity index (χ2v) is 6.09. The fourth-order valence-corrected chi connectivity index (χ4v) is 2.98. The molecule has 0 amide bonds. The Morgan fingerprint density at radius 2 is 2.24 bits per heavy atom. The Hall–Kier alpha value is -0.650. The van der Waals surface area contributed by atoms with Crippen LogP contribution in [-0.4, -0.2) is 25.0 Å². The zero-order chi connectivity index (χ0) is 12.7. The van der Waals surface area contributed by atoms with Crippen LogP contribution in [0, 0.1) is 0 Å². The van der Waals surface area contributed by atoms with Crippen molar-refractivity contribution in [3.05, 3.63) is 30.1 Å². The highest BCUT2D eigenvalue weighted by molar-refractivity contribution is 7.89. The fraction of sp³-hybridized carbons (Fsp3) is 0.545. The molecule has 0 aromatic carbocycles. The van der Waals surface area contributed by atoms with Gasteiger partial charge in [0.05, 0.1) is 5.75 Å². The van der Waals surface area contributed by atoms with Gasteiger partial charge in [-0.15, -0.1) is 11.6 Å². The summed E-state index contributed by atoms with van der Waals surface area (Å²) in [6.45, 7) is 1.80. The number of hydrogen-bond acceptors (Lipinski definition) is 3. The molecule has 0 aliphatic rings. The Labute approximate surface area is 107 Å². The summed E-state index contributed by atoms with van der Waals surface area (Å²) in [7, 11) is -3.24. The number of aromatic nitrogens is 1. The van der Waals surface area contributed by atoms with E-state index >= 15 is 0 Å². The van der Waals surface area contributed by atoms with Gasteiger partial charge >= 0.3 is 0 Å². The molecule has 0 radical (unpaired) electrons. The first-order valence-electron chi connectivity index (χ1n) is 5.51. The maximum atomic E-state index is 11.7. The van der Waals surface area contributed by atoms with Crippen LogP contribution in [0.1, 0.15) is 31.4 Å². The fourth-order valence-electron chi connectivity index (χ4n) is 1.41. The molecule has 1 atom stereocenters. The smallest absolute Gasteiger partial charge is 0.212 e. The van der Waals surface area contributed by atoms with E-state index in [-0.39, 0.29) is 11.8 Å². The van der Waals surface area contributed by atoms with Gasteiger partial charge in [-0.3, -0.25) is 4.98 Å². The van der Waals surface area contributed by atoms with Crippen molar-refractivity contribution in [2.75, 3.05) is 11.6 Å². The molecule has 0 aliphatic heterocycles. The molecular formula is C11H17ClN2O2S. The Balaban J connectivity index is 2.53. The Morgan fingerprint density at radius 1 is 1.47 bits per heavy atom. The molecule has 0 bridgehead atoms. The number of hydrogen-bond donors (Lipinski definition) is 1. The number of unbranched alkanes of at least 4 members (excludes halogenated alkanes) is 1. The van der Waals surface area contributed by atoms with Crippen molar-refractivity contribution >= 4 is 21.6 Å². The van der Waals surface area contributed by atoms with Crippen molar-refractivity contribution in [1.29, 1.82) is 0 Å². The highest BCUT2D eigenvalue weighted by atomic mass is 35.5. The average molecular weight is 277 g/mol. The number of halogens is 1. The quantitative estimate of drug-likeness (QED) is 0.613. The van der Waals surface area contributed by atoms with Crippen molar-refractivity contribution in [3.63, 3.8) is 0 Å². The van der Waals surface area contributed by atoms with E-state index in [0.717, 1.165) is 5.56 Å². The van der Waals surface area contributed by atoms with Gasteiger partial charge in [0.2, 0.25) is 10.0 Å². The molecule has 1 N–H and O–H groups in total. The first-order valence-corrected chi connectivity index (χ1v) is 7.70. The molecule has 96 valence electrons. The van der Waals surface area contributed by atoms with Crippen LogP contribution in [0.25, 0.3) is 0 Å². The number of nitrogens with zero attached hydrogens (tertiary/aromatic N) is 1. The van der Waals surface area contributed by atoms with Crippen LogP contribution in [0.5, 0.6) is 0 Å².